The van der Waals surface area contributed by atoms with Gasteiger partial charge in [0.15, 0.2) is 6.10 Å². The quantitative estimate of drug-likeness (QED) is 0.890. The lowest BCUT2D eigenvalue weighted by molar-refractivity contribution is -0.124. The molecule has 0 fully saturated rings. The van der Waals surface area contributed by atoms with E-state index in [9.17, 15) is 14.3 Å². The topological polar surface area (TPSA) is 49.3 Å². The molecule has 0 bridgehead atoms. The number of aliphatic hydroxyl groups is 1. The number of amides is 1. The minimum Gasteiger partial charge on any atom is -0.378 e. The van der Waals surface area contributed by atoms with Gasteiger partial charge in [0.05, 0.1) is 0 Å². The van der Waals surface area contributed by atoms with Crippen molar-refractivity contribution in [1.29, 1.82) is 0 Å². The van der Waals surface area contributed by atoms with Gasteiger partial charge in [-0.1, -0.05) is 30.3 Å². The van der Waals surface area contributed by atoms with Crippen LogP contribution in [0.4, 0.5) is 10.1 Å². The van der Waals surface area contributed by atoms with E-state index in [-0.39, 0.29) is 5.82 Å². The zero-order chi connectivity index (χ0) is 13.8. The highest BCUT2D eigenvalue weighted by Gasteiger charge is 2.18. The van der Waals surface area contributed by atoms with E-state index < -0.39 is 12.0 Å². The molecule has 2 aromatic rings. The number of halogens is 1. The summed E-state index contributed by atoms with van der Waals surface area (Å²) >= 11 is 0. The van der Waals surface area contributed by atoms with E-state index in [2.05, 4.69) is 5.32 Å². The fourth-order valence-corrected chi connectivity index (χ4v) is 1.72. The molecule has 19 heavy (non-hydrogen) atoms. The molecule has 2 aromatic carbocycles. The van der Waals surface area contributed by atoms with Crippen molar-refractivity contribution in [3.05, 3.63) is 65.5 Å². The molecule has 0 aromatic heterocycles. The van der Waals surface area contributed by atoms with Crippen LogP contribution in [0.5, 0.6) is 0 Å². The van der Waals surface area contributed by atoms with Crippen LogP contribution < -0.4 is 5.32 Å². The Labute approximate surface area is 110 Å². The van der Waals surface area contributed by atoms with Crippen molar-refractivity contribution in [2.75, 3.05) is 5.32 Å². The normalized spacial score (nSPS) is 11.9. The fraction of sp³-hybridized carbons (Fsp3) is 0.133. The van der Waals surface area contributed by atoms with E-state index >= 15 is 0 Å². The summed E-state index contributed by atoms with van der Waals surface area (Å²) in [6.45, 7) is 1.58. The second-order valence-corrected chi connectivity index (χ2v) is 4.27. The third-order valence-corrected chi connectivity index (χ3v) is 2.79. The first-order valence-electron chi connectivity index (χ1n) is 5.88. The molecule has 0 spiro atoms. The lowest BCUT2D eigenvalue weighted by Gasteiger charge is -2.12. The van der Waals surface area contributed by atoms with Crippen molar-refractivity contribution in [2.45, 2.75) is 13.0 Å². The van der Waals surface area contributed by atoms with Crippen molar-refractivity contribution >= 4 is 11.6 Å². The van der Waals surface area contributed by atoms with Gasteiger partial charge in [0, 0.05) is 5.69 Å². The summed E-state index contributed by atoms with van der Waals surface area (Å²) in [5.74, 6) is -0.906. The molecule has 98 valence electrons. The number of anilines is 1. The van der Waals surface area contributed by atoms with E-state index in [1.165, 1.54) is 18.2 Å². The maximum atomic E-state index is 13.1. The van der Waals surface area contributed by atoms with Gasteiger partial charge in [0.25, 0.3) is 5.91 Å². The van der Waals surface area contributed by atoms with E-state index in [0.29, 0.717) is 16.8 Å². The molecule has 0 saturated carbocycles. The average Bonchev–Trinajstić information content (AvgIpc) is 2.42. The summed E-state index contributed by atoms with van der Waals surface area (Å²) in [6.07, 6.45) is -1.32. The van der Waals surface area contributed by atoms with Gasteiger partial charge in [0.1, 0.15) is 5.82 Å². The first-order chi connectivity index (χ1) is 9.08. The minimum atomic E-state index is -1.32. The predicted molar refractivity (Wildman–Crippen MR) is 71.2 cm³/mol. The summed E-state index contributed by atoms with van der Waals surface area (Å²) in [4.78, 5) is 11.9. The van der Waals surface area contributed by atoms with Gasteiger partial charge in [-0.15, -0.1) is 0 Å². The maximum Gasteiger partial charge on any atom is 0.257 e. The van der Waals surface area contributed by atoms with Crippen LogP contribution >= 0.6 is 0 Å². The van der Waals surface area contributed by atoms with Crippen molar-refractivity contribution < 1.29 is 14.3 Å². The monoisotopic (exact) mass is 259 g/mol. The van der Waals surface area contributed by atoms with Crippen LogP contribution in [0, 0.1) is 12.7 Å². The summed E-state index contributed by atoms with van der Waals surface area (Å²) in [7, 11) is 0. The van der Waals surface area contributed by atoms with Crippen molar-refractivity contribution in [1.82, 2.24) is 0 Å². The molecule has 2 rings (SSSR count). The van der Waals surface area contributed by atoms with Crippen LogP contribution in [0.25, 0.3) is 0 Å². The zero-order valence-corrected chi connectivity index (χ0v) is 10.4. The summed E-state index contributed by atoms with van der Waals surface area (Å²) in [5.41, 5.74) is 1.36. The number of carbonyl (C=O) groups excluding carboxylic acids is 1. The Balaban J connectivity index is 2.12. The van der Waals surface area contributed by atoms with Crippen LogP contribution in [0.15, 0.2) is 48.5 Å². The highest BCUT2D eigenvalue weighted by Crippen LogP contribution is 2.18. The largest absolute Gasteiger partial charge is 0.378 e. The zero-order valence-electron chi connectivity index (χ0n) is 10.4. The number of aryl methyl sites for hydroxylation is 1. The van der Waals surface area contributed by atoms with Crippen LogP contribution in [0.3, 0.4) is 0 Å². The van der Waals surface area contributed by atoms with Crippen LogP contribution in [-0.4, -0.2) is 11.0 Å². The van der Waals surface area contributed by atoms with Gasteiger partial charge in [-0.3, -0.25) is 4.79 Å². The Bertz CT molecular complexity index is 584. The van der Waals surface area contributed by atoms with Crippen LogP contribution in [-0.2, 0) is 4.79 Å². The van der Waals surface area contributed by atoms with Gasteiger partial charge in [0.2, 0.25) is 0 Å². The van der Waals surface area contributed by atoms with E-state index in [1.807, 2.05) is 6.07 Å². The minimum absolute atomic E-state index is 0.362. The molecule has 1 atom stereocenters. The number of para-hydroxylation sites is 1. The van der Waals surface area contributed by atoms with Gasteiger partial charge in [-0.25, -0.2) is 4.39 Å². The van der Waals surface area contributed by atoms with Gasteiger partial charge >= 0.3 is 0 Å². The molecule has 3 nitrogen and oxygen atoms in total. The molecule has 1 unspecified atom stereocenters. The number of hydrogen-bond acceptors (Lipinski definition) is 2. The third-order valence-electron chi connectivity index (χ3n) is 2.79. The Hall–Kier alpha value is -2.20. The predicted octanol–water partition coefficient (Wildman–Crippen LogP) is 2.81. The number of carbonyl (C=O) groups is 1. The molecule has 0 saturated heterocycles. The van der Waals surface area contributed by atoms with Gasteiger partial charge in [-0.05, 0) is 36.2 Å². The summed E-state index contributed by atoms with van der Waals surface area (Å²) in [6, 6.07) is 12.9. The number of benzene rings is 2. The molecule has 0 aliphatic rings. The van der Waals surface area contributed by atoms with E-state index in [4.69, 9.17) is 0 Å². The summed E-state index contributed by atoms with van der Waals surface area (Å²) in [5, 5.41) is 12.5. The fourth-order valence-electron chi connectivity index (χ4n) is 1.72. The SMILES string of the molecule is Cc1cc(C(O)C(=O)Nc2ccccc2)ccc1F. The van der Waals surface area contributed by atoms with E-state index in [1.54, 1.807) is 31.2 Å². The highest BCUT2D eigenvalue weighted by atomic mass is 19.1. The second-order valence-electron chi connectivity index (χ2n) is 4.27. The molecule has 4 heteroatoms. The first-order valence-corrected chi connectivity index (χ1v) is 5.88. The molecule has 1 amide bonds. The molecule has 0 radical (unpaired) electrons. The standard InChI is InChI=1S/C15H14FNO2/c1-10-9-11(7-8-13(10)16)14(18)15(19)17-12-5-3-2-4-6-12/h2-9,14,18H,1H3,(H,17,19). The second kappa shape index (κ2) is 5.63. The van der Waals surface area contributed by atoms with Crippen molar-refractivity contribution in [3.63, 3.8) is 0 Å². The molecular formula is C15H14FNO2. The Morgan fingerprint density at radius 2 is 1.89 bits per heavy atom. The number of rotatable bonds is 3. The van der Waals surface area contributed by atoms with Crippen LogP contribution in [0.1, 0.15) is 17.2 Å². The van der Waals surface area contributed by atoms with Crippen molar-refractivity contribution in [2.24, 2.45) is 0 Å². The molecule has 0 heterocycles. The summed E-state index contributed by atoms with van der Waals surface area (Å²) < 4.78 is 13.1. The Morgan fingerprint density at radius 3 is 2.53 bits per heavy atom. The molecular weight excluding hydrogens is 245 g/mol. The molecule has 2 N–H and O–H groups in total. The average molecular weight is 259 g/mol. The highest BCUT2D eigenvalue weighted by molar-refractivity contribution is 5.94. The lowest BCUT2D eigenvalue weighted by atomic mass is 10.1. The smallest absolute Gasteiger partial charge is 0.257 e. The first kappa shape index (κ1) is 13.2. The van der Waals surface area contributed by atoms with Crippen LogP contribution in [0.2, 0.25) is 0 Å². The third kappa shape index (κ3) is 3.17. The maximum absolute atomic E-state index is 13.1. The number of aliphatic hydroxyl groups excluding tert-OH is 1. The molecule has 0 aliphatic carbocycles. The van der Waals surface area contributed by atoms with E-state index in [0.717, 1.165) is 0 Å². The Kier molecular flexibility index (Phi) is 3.92. The molecule has 0 aliphatic heterocycles. The lowest BCUT2D eigenvalue weighted by Crippen LogP contribution is -2.20. The van der Waals surface area contributed by atoms with Gasteiger partial charge < -0.3 is 10.4 Å². The van der Waals surface area contributed by atoms with Gasteiger partial charge in [-0.2, -0.15) is 0 Å². The Morgan fingerprint density at radius 1 is 1.21 bits per heavy atom. The number of hydrogen-bond donors (Lipinski definition) is 2. The van der Waals surface area contributed by atoms with Crippen molar-refractivity contribution in [3.8, 4) is 0 Å². The number of nitrogens with one attached hydrogen (secondary N) is 1.